The zero-order valence-electron chi connectivity index (χ0n) is 30.5. The summed E-state index contributed by atoms with van der Waals surface area (Å²) in [5.74, 6) is 0.240. The Morgan fingerprint density at radius 1 is 0.422 bits per heavy atom. The first-order chi connectivity index (χ1) is 22.1. The number of hydrogen-bond donors (Lipinski definition) is 3. The first kappa shape index (κ1) is 43.9. The third-order valence-electron chi connectivity index (χ3n) is 9.15. The summed E-state index contributed by atoms with van der Waals surface area (Å²) in [4.78, 5) is 27.2. The molecule has 0 fully saturated rings. The van der Waals surface area contributed by atoms with E-state index >= 15 is 0 Å². The number of amides is 2. The molecule has 0 bridgehead atoms. The number of carbonyl (C=O) groups is 2. The fourth-order valence-corrected chi connectivity index (χ4v) is 6.04. The van der Waals surface area contributed by atoms with E-state index in [1.807, 2.05) is 0 Å². The van der Waals surface area contributed by atoms with Crippen LogP contribution in [-0.4, -0.2) is 61.2 Å². The van der Waals surface area contributed by atoms with E-state index in [9.17, 15) is 9.59 Å². The predicted molar refractivity (Wildman–Crippen MR) is 195 cm³/mol. The molecule has 0 rings (SSSR count). The number of aliphatic hydroxyl groups excluding tert-OH is 1. The summed E-state index contributed by atoms with van der Waals surface area (Å²) >= 11 is 0. The van der Waals surface area contributed by atoms with Crippen LogP contribution in [0, 0.1) is 0 Å². The van der Waals surface area contributed by atoms with Crippen molar-refractivity contribution in [1.82, 2.24) is 15.5 Å². The first-order valence-electron chi connectivity index (χ1n) is 20.0. The number of hydrogen-bond acceptors (Lipinski definition) is 4. The van der Waals surface area contributed by atoms with Crippen molar-refractivity contribution in [2.75, 3.05) is 39.3 Å². The molecule has 0 aliphatic rings. The van der Waals surface area contributed by atoms with Crippen molar-refractivity contribution in [1.29, 1.82) is 0 Å². The standard InChI is InChI=1S/C39H79N3O3/c1-3-5-7-9-11-13-15-17-19-21-23-26-32-40-38(44)30-35-42(34-28-25-29-37-43)36-31-39(45)41-33-27-24-22-20-18-16-14-12-10-8-6-4-2/h43H,3-37H2,1-2H3,(H,40,44)(H,41,45). The summed E-state index contributed by atoms with van der Waals surface area (Å²) < 4.78 is 0. The van der Waals surface area contributed by atoms with Crippen molar-refractivity contribution < 1.29 is 14.7 Å². The topological polar surface area (TPSA) is 81.7 Å². The maximum atomic E-state index is 12.5. The molecule has 0 radical (unpaired) electrons. The van der Waals surface area contributed by atoms with Crippen molar-refractivity contribution in [3.05, 3.63) is 0 Å². The summed E-state index contributed by atoms with van der Waals surface area (Å²) in [5, 5.41) is 15.3. The number of nitrogens with one attached hydrogen (secondary N) is 2. The van der Waals surface area contributed by atoms with Gasteiger partial charge in [-0.25, -0.2) is 0 Å². The van der Waals surface area contributed by atoms with Gasteiger partial charge < -0.3 is 20.6 Å². The lowest BCUT2D eigenvalue weighted by atomic mass is 10.1. The maximum absolute atomic E-state index is 12.5. The van der Waals surface area contributed by atoms with Gasteiger partial charge in [0.15, 0.2) is 0 Å². The Morgan fingerprint density at radius 3 is 1.07 bits per heavy atom. The van der Waals surface area contributed by atoms with Crippen LogP contribution in [0.2, 0.25) is 0 Å². The van der Waals surface area contributed by atoms with E-state index in [1.54, 1.807) is 0 Å². The minimum atomic E-state index is 0.120. The van der Waals surface area contributed by atoms with Crippen LogP contribution >= 0.6 is 0 Å². The molecule has 0 saturated carbocycles. The summed E-state index contributed by atoms with van der Waals surface area (Å²) in [6.45, 7) is 8.57. The Kier molecular flexibility index (Phi) is 36.4. The molecule has 0 heterocycles. The van der Waals surface area contributed by atoms with Gasteiger partial charge >= 0.3 is 0 Å². The minimum Gasteiger partial charge on any atom is -0.396 e. The lowest BCUT2D eigenvalue weighted by molar-refractivity contribution is -0.121. The summed E-state index contributed by atoms with van der Waals surface area (Å²) in [6, 6.07) is 0. The normalized spacial score (nSPS) is 11.4. The molecule has 0 aromatic heterocycles. The van der Waals surface area contributed by atoms with Crippen LogP contribution in [0.1, 0.15) is 200 Å². The number of carbonyl (C=O) groups excluding carboxylic acids is 2. The van der Waals surface area contributed by atoms with Gasteiger partial charge in [-0.3, -0.25) is 9.59 Å². The second kappa shape index (κ2) is 37.3. The zero-order valence-corrected chi connectivity index (χ0v) is 30.5. The zero-order chi connectivity index (χ0) is 32.9. The van der Waals surface area contributed by atoms with E-state index in [2.05, 4.69) is 29.4 Å². The molecule has 0 saturated heterocycles. The molecule has 0 aliphatic heterocycles. The molecule has 3 N–H and O–H groups in total. The van der Waals surface area contributed by atoms with E-state index in [0.29, 0.717) is 25.9 Å². The lowest BCUT2D eigenvalue weighted by Gasteiger charge is -2.22. The van der Waals surface area contributed by atoms with Crippen molar-refractivity contribution in [3.8, 4) is 0 Å². The summed E-state index contributed by atoms with van der Waals surface area (Å²) in [7, 11) is 0. The monoisotopic (exact) mass is 638 g/mol. The Balaban J connectivity index is 3.87. The van der Waals surface area contributed by atoms with Crippen LogP contribution in [0.5, 0.6) is 0 Å². The molecule has 6 heteroatoms. The Labute approximate surface area is 281 Å². The van der Waals surface area contributed by atoms with Crippen LogP contribution in [0.3, 0.4) is 0 Å². The Bertz CT molecular complexity index is 570. The highest BCUT2D eigenvalue weighted by Crippen LogP contribution is 2.13. The van der Waals surface area contributed by atoms with Crippen LogP contribution in [-0.2, 0) is 9.59 Å². The van der Waals surface area contributed by atoms with Crippen molar-refractivity contribution in [3.63, 3.8) is 0 Å². The number of aliphatic hydroxyl groups is 1. The second-order valence-electron chi connectivity index (χ2n) is 13.6. The third kappa shape index (κ3) is 35.6. The van der Waals surface area contributed by atoms with Crippen molar-refractivity contribution in [2.24, 2.45) is 0 Å². The molecule has 0 atom stereocenters. The summed E-state index contributed by atoms with van der Waals surface area (Å²) in [6.07, 6.45) is 35.5. The van der Waals surface area contributed by atoms with E-state index < -0.39 is 0 Å². The average molecular weight is 638 g/mol. The SMILES string of the molecule is CCCCCCCCCCCCCCNC(=O)CCN(CCCCCO)CCC(=O)NCCCCCCCCCCCCCC. The number of rotatable bonds is 37. The average Bonchev–Trinajstić information content (AvgIpc) is 3.04. The maximum Gasteiger partial charge on any atom is 0.221 e. The Hall–Kier alpha value is -1.14. The van der Waals surface area contributed by atoms with Gasteiger partial charge in [-0.2, -0.15) is 0 Å². The van der Waals surface area contributed by atoms with E-state index in [-0.39, 0.29) is 18.4 Å². The van der Waals surface area contributed by atoms with Crippen molar-refractivity contribution >= 4 is 11.8 Å². The van der Waals surface area contributed by atoms with Crippen LogP contribution in [0.4, 0.5) is 0 Å². The number of unbranched alkanes of at least 4 members (excludes halogenated alkanes) is 24. The molecule has 45 heavy (non-hydrogen) atoms. The predicted octanol–water partition coefficient (Wildman–Crippen LogP) is 9.87. The van der Waals surface area contributed by atoms with Gasteiger partial charge in [0.25, 0.3) is 0 Å². The molecule has 0 aromatic rings. The quantitative estimate of drug-likeness (QED) is 0.0592. The minimum absolute atomic E-state index is 0.120. The van der Waals surface area contributed by atoms with Gasteiger partial charge in [0.1, 0.15) is 0 Å². The molecule has 0 aliphatic carbocycles. The molecule has 0 aromatic carbocycles. The van der Waals surface area contributed by atoms with E-state index in [1.165, 1.54) is 141 Å². The molecule has 0 unspecified atom stereocenters. The molecule has 268 valence electrons. The molecular weight excluding hydrogens is 558 g/mol. The first-order valence-corrected chi connectivity index (χ1v) is 20.0. The smallest absolute Gasteiger partial charge is 0.221 e. The molecule has 0 spiro atoms. The lowest BCUT2D eigenvalue weighted by Crippen LogP contribution is -2.35. The molecular formula is C39H79N3O3. The largest absolute Gasteiger partial charge is 0.396 e. The van der Waals surface area contributed by atoms with Gasteiger partial charge in [0.2, 0.25) is 11.8 Å². The van der Waals surface area contributed by atoms with Crippen LogP contribution in [0.15, 0.2) is 0 Å². The van der Waals surface area contributed by atoms with E-state index in [4.69, 9.17) is 5.11 Å². The third-order valence-corrected chi connectivity index (χ3v) is 9.15. The van der Waals surface area contributed by atoms with Gasteiger partial charge in [-0.05, 0) is 38.6 Å². The highest BCUT2D eigenvalue weighted by Gasteiger charge is 2.11. The van der Waals surface area contributed by atoms with Crippen LogP contribution in [0.25, 0.3) is 0 Å². The summed E-state index contributed by atoms with van der Waals surface area (Å²) in [5.41, 5.74) is 0. The highest BCUT2D eigenvalue weighted by atomic mass is 16.3. The molecule has 6 nitrogen and oxygen atoms in total. The van der Waals surface area contributed by atoms with Crippen molar-refractivity contribution in [2.45, 2.75) is 200 Å². The molecule has 2 amide bonds. The Morgan fingerprint density at radius 2 is 0.733 bits per heavy atom. The van der Waals surface area contributed by atoms with Crippen LogP contribution < -0.4 is 10.6 Å². The van der Waals surface area contributed by atoms with Gasteiger partial charge in [-0.15, -0.1) is 0 Å². The highest BCUT2D eigenvalue weighted by molar-refractivity contribution is 5.76. The fourth-order valence-electron chi connectivity index (χ4n) is 6.04. The van der Waals surface area contributed by atoms with Gasteiger partial charge in [0, 0.05) is 45.6 Å². The van der Waals surface area contributed by atoms with Gasteiger partial charge in [-0.1, -0.05) is 155 Å². The second-order valence-corrected chi connectivity index (χ2v) is 13.6. The van der Waals surface area contributed by atoms with E-state index in [0.717, 1.165) is 51.7 Å². The number of nitrogens with zero attached hydrogens (tertiary/aromatic N) is 1. The fraction of sp³-hybridized carbons (Fsp3) is 0.949. The van der Waals surface area contributed by atoms with Gasteiger partial charge in [0.05, 0.1) is 0 Å².